The molecule has 216 valence electrons. The summed E-state index contributed by atoms with van der Waals surface area (Å²) in [6, 6.07) is 0.567. The van der Waals surface area contributed by atoms with Crippen molar-refractivity contribution in [3.63, 3.8) is 0 Å². The molecule has 3 amide bonds. The second-order valence-corrected chi connectivity index (χ2v) is 10.1. The summed E-state index contributed by atoms with van der Waals surface area (Å²) >= 11 is 13.2. The minimum Gasteiger partial charge on any atom is -0.495 e. The highest BCUT2D eigenvalue weighted by Gasteiger charge is 2.39. The quantitative estimate of drug-likeness (QED) is 0.418. The van der Waals surface area contributed by atoms with Crippen molar-refractivity contribution in [1.29, 1.82) is 0 Å². The molecule has 14 heteroatoms. The highest BCUT2D eigenvalue weighted by Crippen LogP contribution is 2.47. The van der Waals surface area contributed by atoms with Crippen LogP contribution in [0.3, 0.4) is 0 Å². The fraction of sp³-hybridized carbons (Fsp3) is 0.462. The Hall–Kier alpha value is -3.32. The molecule has 0 radical (unpaired) electrons. The van der Waals surface area contributed by atoms with Gasteiger partial charge in [0.1, 0.15) is 27.4 Å². The summed E-state index contributed by atoms with van der Waals surface area (Å²) in [5, 5.41) is 6.61. The summed E-state index contributed by atoms with van der Waals surface area (Å²) in [6.45, 7) is 3.65. The number of amides is 3. The van der Waals surface area contributed by atoms with E-state index < -0.39 is 6.03 Å². The molecular formula is C26H32Cl2N6O6. The van der Waals surface area contributed by atoms with E-state index in [-0.39, 0.29) is 52.5 Å². The predicted octanol–water partition coefficient (Wildman–Crippen LogP) is 3.65. The van der Waals surface area contributed by atoms with E-state index in [4.69, 9.17) is 42.1 Å². The molecule has 2 aromatic rings. The smallest absolute Gasteiger partial charge is 0.330 e. The Labute approximate surface area is 242 Å². The maximum atomic E-state index is 13.5. The Balaban J connectivity index is 1.63. The molecule has 0 bridgehead atoms. The van der Waals surface area contributed by atoms with Crippen LogP contribution in [0.1, 0.15) is 18.4 Å². The van der Waals surface area contributed by atoms with Crippen molar-refractivity contribution in [3.05, 3.63) is 40.5 Å². The van der Waals surface area contributed by atoms with E-state index in [9.17, 15) is 9.59 Å². The zero-order chi connectivity index (χ0) is 29.1. The van der Waals surface area contributed by atoms with Crippen LogP contribution in [0, 0.1) is 0 Å². The van der Waals surface area contributed by atoms with Crippen LogP contribution < -0.4 is 29.9 Å². The summed E-state index contributed by atoms with van der Waals surface area (Å²) < 4.78 is 21.9. The molecule has 0 spiro atoms. The zero-order valence-electron chi connectivity index (χ0n) is 22.9. The van der Waals surface area contributed by atoms with Gasteiger partial charge in [-0.3, -0.25) is 14.6 Å². The van der Waals surface area contributed by atoms with Crippen LogP contribution in [0.4, 0.5) is 22.2 Å². The Kier molecular flexibility index (Phi) is 9.24. The van der Waals surface area contributed by atoms with Gasteiger partial charge in [0, 0.05) is 39.1 Å². The van der Waals surface area contributed by atoms with Crippen LogP contribution in [-0.4, -0.2) is 81.7 Å². The van der Waals surface area contributed by atoms with E-state index in [0.717, 1.165) is 0 Å². The third-order valence-corrected chi connectivity index (χ3v) is 7.86. The van der Waals surface area contributed by atoms with Gasteiger partial charge < -0.3 is 29.6 Å². The second-order valence-electron chi connectivity index (χ2n) is 9.32. The first-order chi connectivity index (χ1) is 19.2. The van der Waals surface area contributed by atoms with Crippen molar-refractivity contribution in [2.75, 3.05) is 50.6 Å². The molecule has 4 unspecified atom stereocenters. The van der Waals surface area contributed by atoms with E-state index in [1.165, 1.54) is 30.1 Å². The molecule has 12 nitrogen and oxygen atoms in total. The molecule has 1 fully saturated rings. The molecule has 40 heavy (non-hydrogen) atoms. The lowest BCUT2D eigenvalue weighted by Gasteiger charge is -2.40. The van der Waals surface area contributed by atoms with Crippen LogP contribution in [0.2, 0.25) is 10.0 Å². The number of nitrogens with one attached hydrogen (secondary N) is 2. The zero-order valence-corrected chi connectivity index (χ0v) is 24.4. The van der Waals surface area contributed by atoms with Crippen molar-refractivity contribution >= 4 is 52.6 Å². The predicted molar refractivity (Wildman–Crippen MR) is 152 cm³/mol. The SMILES string of the molecule is C=CC(=O)NC1CC(OC)C(OC)CC1Nc1ncc2c(n1)N(C)C(=O)N(c1c(Cl)c(OC)cc(OC)c1Cl)C2. The number of benzene rings is 1. The molecule has 1 aliphatic heterocycles. The van der Waals surface area contributed by atoms with Gasteiger partial charge in [-0.2, -0.15) is 4.98 Å². The van der Waals surface area contributed by atoms with E-state index in [2.05, 4.69) is 27.2 Å². The molecule has 2 N–H and O–H groups in total. The topological polar surface area (TPSA) is 127 Å². The summed E-state index contributed by atoms with van der Waals surface area (Å²) in [5.74, 6) is 1.03. The Bertz CT molecular complexity index is 1270. The standard InChI is InChI=1S/C26H32Cl2N6O6/c1-7-20(35)30-14-8-16(37-3)17(38-4)9-15(14)31-25-29-11-13-12-34(26(36)33(2)24(13)32-25)23-21(27)18(39-5)10-19(40-6)22(23)28/h7,10-11,14-17H,1,8-9,12H2,2-6H3,(H,30,35)(H,29,31,32). The highest BCUT2D eigenvalue weighted by atomic mass is 35.5. The number of anilines is 3. The average Bonchev–Trinajstić information content (AvgIpc) is 2.96. The van der Waals surface area contributed by atoms with Crippen molar-refractivity contribution in [2.24, 2.45) is 0 Å². The van der Waals surface area contributed by atoms with E-state index in [1.54, 1.807) is 33.5 Å². The maximum Gasteiger partial charge on any atom is 0.330 e. The molecule has 4 rings (SSSR count). The first-order valence-corrected chi connectivity index (χ1v) is 13.2. The van der Waals surface area contributed by atoms with Crippen molar-refractivity contribution in [1.82, 2.24) is 15.3 Å². The third kappa shape index (κ3) is 5.62. The fourth-order valence-electron chi connectivity index (χ4n) is 5.02. The molecule has 4 atom stereocenters. The molecule has 1 saturated carbocycles. The van der Waals surface area contributed by atoms with E-state index in [1.807, 2.05) is 0 Å². The number of aromatic nitrogens is 2. The second kappa shape index (κ2) is 12.5. The number of hydrogen-bond acceptors (Lipinski definition) is 9. The van der Waals surface area contributed by atoms with Gasteiger partial charge in [0.2, 0.25) is 11.9 Å². The fourth-order valence-corrected chi connectivity index (χ4v) is 5.72. The minimum atomic E-state index is -0.410. The Morgan fingerprint density at radius 2 is 1.68 bits per heavy atom. The number of ether oxygens (including phenoxy) is 4. The molecule has 2 heterocycles. The lowest BCUT2D eigenvalue weighted by molar-refractivity contribution is -0.119. The number of halogens is 2. The van der Waals surface area contributed by atoms with Crippen LogP contribution in [0.15, 0.2) is 24.9 Å². The lowest BCUT2D eigenvalue weighted by atomic mass is 9.85. The van der Waals surface area contributed by atoms with Crippen molar-refractivity contribution < 1.29 is 28.5 Å². The van der Waals surface area contributed by atoms with Gasteiger partial charge >= 0.3 is 6.03 Å². The number of carbonyl (C=O) groups excluding carboxylic acids is 2. The monoisotopic (exact) mass is 594 g/mol. The molecule has 2 aliphatic rings. The molecule has 1 aliphatic carbocycles. The van der Waals surface area contributed by atoms with Gasteiger partial charge in [0.15, 0.2) is 0 Å². The van der Waals surface area contributed by atoms with Gasteiger partial charge in [0.05, 0.1) is 50.7 Å². The highest BCUT2D eigenvalue weighted by molar-refractivity contribution is 6.42. The molecule has 1 aromatic carbocycles. The van der Waals surface area contributed by atoms with Gasteiger partial charge in [-0.15, -0.1) is 0 Å². The Morgan fingerprint density at radius 3 is 2.23 bits per heavy atom. The summed E-state index contributed by atoms with van der Waals surface area (Å²) in [5.41, 5.74) is 0.918. The first-order valence-electron chi connectivity index (χ1n) is 12.4. The normalized spacial score (nSPS) is 22.4. The summed E-state index contributed by atoms with van der Waals surface area (Å²) in [6.07, 6.45) is 3.48. The number of nitrogens with zero attached hydrogens (tertiary/aromatic N) is 4. The number of fused-ring (bicyclic) bond motifs is 1. The number of rotatable bonds is 9. The van der Waals surface area contributed by atoms with Gasteiger partial charge in [-0.05, 0) is 18.9 Å². The van der Waals surface area contributed by atoms with Crippen molar-refractivity contribution in [3.8, 4) is 11.5 Å². The third-order valence-electron chi connectivity index (χ3n) is 7.13. The van der Waals surface area contributed by atoms with Crippen LogP contribution in [0.5, 0.6) is 11.5 Å². The maximum absolute atomic E-state index is 13.5. The van der Waals surface area contributed by atoms with Crippen molar-refractivity contribution in [2.45, 2.75) is 43.7 Å². The van der Waals surface area contributed by atoms with E-state index >= 15 is 0 Å². The lowest BCUT2D eigenvalue weighted by Crippen LogP contribution is -2.56. The van der Waals surface area contributed by atoms with Gasteiger partial charge in [0.25, 0.3) is 0 Å². The number of hydrogen-bond donors (Lipinski definition) is 2. The van der Waals surface area contributed by atoms with Crippen LogP contribution in [0.25, 0.3) is 0 Å². The van der Waals surface area contributed by atoms with Gasteiger partial charge in [-0.25, -0.2) is 9.78 Å². The Morgan fingerprint density at radius 1 is 1.07 bits per heavy atom. The summed E-state index contributed by atoms with van der Waals surface area (Å²) in [4.78, 5) is 37.6. The number of methoxy groups -OCH3 is 4. The average molecular weight is 595 g/mol. The first kappa shape index (κ1) is 29.7. The number of carbonyl (C=O) groups is 2. The summed E-state index contributed by atoms with van der Waals surface area (Å²) in [7, 11) is 7.76. The van der Waals surface area contributed by atoms with Gasteiger partial charge in [-0.1, -0.05) is 29.8 Å². The van der Waals surface area contributed by atoms with Crippen LogP contribution >= 0.6 is 23.2 Å². The number of urea groups is 1. The largest absolute Gasteiger partial charge is 0.495 e. The molecule has 0 saturated heterocycles. The van der Waals surface area contributed by atoms with E-state index in [0.29, 0.717) is 41.7 Å². The molecule has 1 aromatic heterocycles. The van der Waals surface area contributed by atoms with Crippen LogP contribution in [-0.2, 0) is 20.8 Å². The minimum absolute atomic E-state index is 0.108. The molecular weight excluding hydrogens is 563 g/mol.